The summed E-state index contributed by atoms with van der Waals surface area (Å²) in [5.74, 6) is 0.542. The molecule has 1 unspecified atom stereocenters. The first-order chi connectivity index (χ1) is 12.8. The molecule has 0 saturated carbocycles. The van der Waals surface area contributed by atoms with E-state index >= 15 is 0 Å². The number of piperazine rings is 1. The molecule has 0 radical (unpaired) electrons. The van der Waals surface area contributed by atoms with E-state index in [0.29, 0.717) is 44.6 Å². The Morgan fingerprint density at radius 2 is 1.96 bits per heavy atom. The van der Waals surface area contributed by atoms with E-state index in [2.05, 4.69) is 41.6 Å². The van der Waals surface area contributed by atoms with Crippen molar-refractivity contribution in [3.05, 3.63) is 17.8 Å². The van der Waals surface area contributed by atoms with E-state index in [-0.39, 0.29) is 17.2 Å². The molecular formula is C19H29N5O3. The fourth-order valence-electron chi connectivity index (χ4n) is 3.30. The van der Waals surface area contributed by atoms with Crippen molar-refractivity contribution in [3.8, 4) is 5.88 Å². The topological polar surface area (TPSA) is 96.5 Å². The van der Waals surface area contributed by atoms with Crippen LogP contribution in [-0.2, 0) is 15.0 Å². The number of nitrogens with one attached hydrogen (secondary N) is 2. The molecule has 2 saturated heterocycles. The molecule has 2 amide bonds. The van der Waals surface area contributed by atoms with Crippen LogP contribution < -0.4 is 15.4 Å². The van der Waals surface area contributed by atoms with Gasteiger partial charge >= 0.3 is 0 Å². The number of aromatic nitrogens is 2. The predicted octanol–water partition coefficient (Wildman–Crippen LogP) is 0.480. The highest BCUT2D eigenvalue weighted by molar-refractivity contribution is 6.04. The molecule has 1 aromatic rings. The smallest absolute Gasteiger partial charge is 0.249 e. The van der Waals surface area contributed by atoms with Gasteiger partial charge in [-0.3, -0.25) is 14.9 Å². The third kappa shape index (κ3) is 4.94. The maximum Gasteiger partial charge on any atom is 0.249 e. The molecule has 2 aliphatic rings. The van der Waals surface area contributed by atoms with Crippen LogP contribution in [0.15, 0.2) is 12.1 Å². The molecule has 1 aromatic heterocycles. The van der Waals surface area contributed by atoms with Gasteiger partial charge < -0.3 is 15.0 Å². The van der Waals surface area contributed by atoms with E-state index < -0.39 is 6.04 Å². The normalized spacial score (nSPS) is 21.7. The average molecular weight is 375 g/mol. The maximum atomic E-state index is 12.5. The summed E-state index contributed by atoms with van der Waals surface area (Å²) in [5, 5.41) is 14.1. The number of carbonyl (C=O) groups excluding carboxylic acids is 2. The van der Waals surface area contributed by atoms with Crippen molar-refractivity contribution in [3.63, 3.8) is 0 Å². The molecule has 148 valence electrons. The number of nitrogens with zero attached hydrogens (tertiary/aromatic N) is 3. The fourth-order valence-corrected chi connectivity index (χ4v) is 3.30. The van der Waals surface area contributed by atoms with Crippen LogP contribution in [0.3, 0.4) is 0 Å². The second kappa shape index (κ2) is 8.21. The molecule has 0 spiro atoms. The summed E-state index contributed by atoms with van der Waals surface area (Å²) < 4.78 is 5.79. The number of ether oxygens (including phenoxy) is 1. The lowest BCUT2D eigenvalue weighted by atomic mass is 9.92. The van der Waals surface area contributed by atoms with E-state index in [1.54, 1.807) is 4.90 Å². The van der Waals surface area contributed by atoms with Crippen LogP contribution in [-0.4, -0.2) is 65.7 Å². The van der Waals surface area contributed by atoms with Gasteiger partial charge in [-0.15, -0.1) is 5.10 Å². The van der Waals surface area contributed by atoms with Crippen LogP contribution in [0.2, 0.25) is 0 Å². The molecule has 27 heavy (non-hydrogen) atoms. The number of likely N-dealkylation sites (tertiary alicyclic amines) is 1. The molecule has 1 atom stereocenters. The van der Waals surface area contributed by atoms with Crippen LogP contribution in [0, 0.1) is 5.92 Å². The third-order valence-corrected chi connectivity index (χ3v) is 5.08. The van der Waals surface area contributed by atoms with Gasteiger partial charge in [0.15, 0.2) is 6.04 Å². The number of hydrogen-bond acceptors (Lipinski definition) is 6. The van der Waals surface area contributed by atoms with E-state index in [4.69, 9.17) is 4.74 Å². The van der Waals surface area contributed by atoms with Crippen LogP contribution in [0.1, 0.15) is 39.3 Å². The minimum absolute atomic E-state index is 0.0327. The van der Waals surface area contributed by atoms with Gasteiger partial charge in [-0.1, -0.05) is 20.8 Å². The van der Waals surface area contributed by atoms with Crippen LogP contribution >= 0.6 is 0 Å². The van der Waals surface area contributed by atoms with Crippen LogP contribution in [0.5, 0.6) is 5.88 Å². The van der Waals surface area contributed by atoms with Gasteiger partial charge in [0.1, 0.15) is 0 Å². The fraction of sp³-hybridized carbons (Fsp3) is 0.684. The summed E-state index contributed by atoms with van der Waals surface area (Å²) in [5.41, 5.74) is 0.900. The van der Waals surface area contributed by atoms with E-state index in [1.165, 1.54) is 0 Å². The second-order valence-electron chi connectivity index (χ2n) is 8.26. The standard InChI is InChI=1S/C19H29N5O3/c1-19(2,3)14-4-5-15(23-22-14)27-12-13-6-10-24(11-7-13)18(26)16-17(25)21-9-8-20-16/h4-5,13,16,20H,6-12H2,1-3H3,(H,21,25). The lowest BCUT2D eigenvalue weighted by Crippen LogP contribution is -2.60. The molecule has 3 heterocycles. The number of rotatable bonds is 4. The van der Waals surface area contributed by atoms with Gasteiger partial charge in [-0.2, -0.15) is 5.10 Å². The Balaban J connectivity index is 1.44. The third-order valence-electron chi connectivity index (χ3n) is 5.08. The number of carbonyl (C=O) groups is 2. The Bertz CT molecular complexity index is 663. The SMILES string of the molecule is CC(C)(C)c1ccc(OCC2CCN(C(=O)C3NCCNC3=O)CC2)nn1. The Morgan fingerprint density at radius 1 is 1.22 bits per heavy atom. The van der Waals surface area contributed by atoms with Gasteiger partial charge in [-0.25, -0.2) is 0 Å². The zero-order valence-electron chi connectivity index (χ0n) is 16.3. The maximum absolute atomic E-state index is 12.5. The number of amides is 2. The summed E-state index contributed by atoms with van der Waals surface area (Å²) in [6.45, 7) is 9.34. The highest BCUT2D eigenvalue weighted by Crippen LogP contribution is 2.22. The highest BCUT2D eigenvalue weighted by Gasteiger charge is 2.34. The molecule has 0 aromatic carbocycles. The summed E-state index contributed by atoms with van der Waals surface area (Å²) in [6, 6.07) is 3.06. The van der Waals surface area contributed by atoms with Crippen LogP contribution in [0.25, 0.3) is 0 Å². The van der Waals surface area contributed by atoms with Gasteiger partial charge in [0.05, 0.1) is 12.3 Å². The summed E-state index contributed by atoms with van der Waals surface area (Å²) in [7, 11) is 0. The van der Waals surface area contributed by atoms with Gasteiger partial charge in [0, 0.05) is 37.7 Å². The monoisotopic (exact) mass is 375 g/mol. The molecule has 0 bridgehead atoms. The van der Waals surface area contributed by atoms with Crippen LogP contribution in [0.4, 0.5) is 0 Å². The Labute approximate surface area is 160 Å². The van der Waals surface area contributed by atoms with E-state index in [0.717, 1.165) is 18.5 Å². The molecule has 2 aliphatic heterocycles. The second-order valence-corrected chi connectivity index (χ2v) is 8.26. The zero-order chi connectivity index (χ0) is 19.4. The van der Waals surface area contributed by atoms with Gasteiger partial charge in [0.25, 0.3) is 0 Å². The largest absolute Gasteiger partial charge is 0.476 e. The zero-order valence-corrected chi connectivity index (χ0v) is 16.3. The van der Waals surface area contributed by atoms with Crippen molar-refractivity contribution < 1.29 is 14.3 Å². The van der Waals surface area contributed by atoms with Gasteiger partial charge in [-0.05, 0) is 24.8 Å². The lowest BCUT2D eigenvalue weighted by molar-refractivity contribution is -0.141. The number of hydrogen-bond donors (Lipinski definition) is 2. The Hall–Kier alpha value is -2.22. The first kappa shape index (κ1) is 19.5. The van der Waals surface area contributed by atoms with E-state index in [9.17, 15) is 9.59 Å². The Morgan fingerprint density at radius 3 is 2.56 bits per heavy atom. The van der Waals surface area contributed by atoms with Crippen molar-refractivity contribution in [2.45, 2.75) is 45.1 Å². The molecule has 8 nitrogen and oxygen atoms in total. The quantitative estimate of drug-likeness (QED) is 0.743. The molecule has 2 N–H and O–H groups in total. The Kier molecular flexibility index (Phi) is 5.94. The van der Waals surface area contributed by atoms with E-state index in [1.807, 2.05) is 12.1 Å². The molecule has 2 fully saturated rings. The summed E-state index contributed by atoms with van der Waals surface area (Å²) >= 11 is 0. The summed E-state index contributed by atoms with van der Waals surface area (Å²) in [6.07, 6.45) is 1.71. The molecule has 3 rings (SSSR count). The first-order valence-corrected chi connectivity index (χ1v) is 9.61. The molecule has 8 heteroatoms. The molecule has 0 aliphatic carbocycles. The average Bonchev–Trinajstić information content (AvgIpc) is 2.66. The van der Waals surface area contributed by atoms with Crippen molar-refractivity contribution in [1.29, 1.82) is 0 Å². The van der Waals surface area contributed by atoms with Crippen molar-refractivity contribution in [2.24, 2.45) is 5.92 Å². The minimum atomic E-state index is -0.747. The minimum Gasteiger partial charge on any atom is -0.476 e. The van der Waals surface area contributed by atoms with Crippen molar-refractivity contribution >= 4 is 11.8 Å². The lowest BCUT2D eigenvalue weighted by Gasteiger charge is -2.34. The predicted molar refractivity (Wildman–Crippen MR) is 100 cm³/mol. The molecular weight excluding hydrogens is 346 g/mol. The summed E-state index contributed by atoms with van der Waals surface area (Å²) in [4.78, 5) is 26.1. The van der Waals surface area contributed by atoms with Crippen molar-refractivity contribution in [2.75, 3.05) is 32.8 Å². The van der Waals surface area contributed by atoms with Gasteiger partial charge in [0.2, 0.25) is 17.7 Å². The highest BCUT2D eigenvalue weighted by atomic mass is 16.5. The first-order valence-electron chi connectivity index (χ1n) is 9.61. The van der Waals surface area contributed by atoms with Crippen molar-refractivity contribution in [1.82, 2.24) is 25.7 Å². The number of piperidine rings is 1.